The van der Waals surface area contributed by atoms with Crippen molar-refractivity contribution in [2.24, 2.45) is 5.73 Å². The van der Waals surface area contributed by atoms with Crippen LogP contribution in [0.5, 0.6) is 0 Å². The molecule has 110 valence electrons. The van der Waals surface area contributed by atoms with E-state index >= 15 is 0 Å². The normalized spacial score (nSPS) is 34.7. The maximum Gasteiger partial charge on any atom is 0.321 e. The first-order chi connectivity index (χ1) is 8.81. The van der Waals surface area contributed by atoms with E-state index in [1.807, 2.05) is 0 Å². The molecule has 1 amide bonds. The number of carbonyl (C=O) groups is 2. The highest BCUT2D eigenvalue weighted by molar-refractivity contribution is 5.80. The van der Waals surface area contributed by atoms with Gasteiger partial charge in [-0.05, 0) is 13.5 Å². The van der Waals surface area contributed by atoms with Crippen molar-refractivity contribution in [2.75, 3.05) is 20.1 Å². The zero-order valence-corrected chi connectivity index (χ0v) is 10.8. The first kappa shape index (κ1) is 15.8. The lowest BCUT2D eigenvalue weighted by molar-refractivity contribution is -0.141. The van der Waals surface area contributed by atoms with Gasteiger partial charge in [0.25, 0.3) is 0 Å². The van der Waals surface area contributed by atoms with Gasteiger partial charge in [-0.25, -0.2) is 0 Å². The molecule has 0 aliphatic carbocycles. The van der Waals surface area contributed by atoms with Crippen molar-refractivity contribution < 1.29 is 24.9 Å². The summed E-state index contributed by atoms with van der Waals surface area (Å²) in [4.78, 5) is 22.4. The van der Waals surface area contributed by atoms with Gasteiger partial charge in [-0.3, -0.25) is 14.5 Å². The van der Waals surface area contributed by atoms with E-state index in [2.05, 4.69) is 5.32 Å². The number of carboxylic acid groups (broad SMARTS) is 1. The Hall–Kier alpha value is -1.22. The van der Waals surface area contributed by atoms with E-state index < -0.39 is 24.2 Å². The van der Waals surface area contributed by atoms with E-state index in [0.717, 1.165) is 0 Å². The average molecular weight is 275 g/mol. The Morgan fingerprint density at radius 3 is 2.11 bits per heavy atom. The number of amides is 1. The van der Waals surface area contributed by atoms with Crippen LogP contribution < -0.4 is 11.1 Å². The number of nitrogens with zero attached hydrogens (tertiary/aromatic N) is 1. The van der Waals surface area contributed by atoms with E-state index in [0.29, 0.717) is 25.9 Å². The lowest BCUT2D eigenvalue weighted by Crippen LogP contribution is -2.36. The highest BCUT2D eigenvalue weighted by Crippen LogP contribution is 2.14. The molecule has 2 heterocycles. The molecule has 0 aromatic heterocycles. The average Bonchev–Trinajstić information content (AvgIpc) is 2.85. The molecule has 8 heteroatoms. The molecular formula is C11H21N3O5. The summed E-state index contributed by atoms with van der Waals surface area (Å²) in [6.45, 7) is 0.949. The lowest BCUT2D eigenvalue weighted by atomic mass is 10.2. The molecule has 2 saturated heterocycles. The number of aliphatic carboxylic acids is 1. The molecule has 0 unspecified atom stereocenters. The Balaban J connectivity index is 0.000000191. The quantitative estimate of drug-likeness (QED) is 0.371. The fourth-order valence-electron chi connectivity index (χ4n) is 2.19. The number of primary amides is 1. The number of likely N-dealkylation sites (tertiary alicyclic amines) is 1. The molecule has 0 aromatic rings. The first-order valence-corrected chi connectivity index (χ1v) is 6.13. The van der Waals surface area contributed by atoms with Crippen LogP contribution in [-0.2, 0) is 9.59 Å². The van der Waals surface area contributed by atoms with Crippen LogP contribution in [0.3, 0.4) is 0 Å². The van der Waals surface area contributed by atoms with Crippen molar-refractivity contribution in [1.82, 2.24) is 10.2 Å². The number of carboxylic acids is 1. The maximum absolute atomic E-state index is 10.4. The number of nitrogens with two attached hydrogens (primary N) is 1. The van der Waals surface area contributed by atoms with Crippen molar-refractivity contribution in [1.29, 1.82) is 0 Å². The van der Waals surface area contributed by atoms with Gasteiger partial charge in [0, 0.05) is 19.5 Å². The van der Waals surface area contributed by atoms with Gasteiger partial charge in [0.1, 0.15) is 6.04 Å². The molecule has 4 atom stereocenters. The molecule has 2 aliphatic rings. The van der Waals surface area contributed by atoms with Crippen LogP contribution in [0.2, 0.25) is 0 Å². The fourth-order valence-corrected chi connectivity index (χ4v) is 2.19. The zero-order valence-electron chi connectivity index (χ0n) is 10.8. The molecule has 2 rings (SSSR count). The van der Waals surface area contributed by atoms with Gasteiger partial charge in [-0.1, -0.05) is 0 Å². The molecule has 2 aliphatic heterocycles. The van der Waals surface area contributed by atoms with Crippen molar-refractivity contribution in [2.45, 2.75) is 37.1 Å². The number of aliphatic hydroxyl groups is 2. The molecule has 8 nitrogen and oxygen atoms in total. The van der Waals surface area contributed by atoms with Gasteiger partial charge in [0.05, 0.1) is 18.2 Å². The topological polar surface area (TPSA) is 136 Å². The number of aliphatic hydroxyl groups excluding tert-OH is 2. The maximum atomic E-state index is 10.4. The van der Waals surface area contributed by atoms with Gasteiger partial charge in [-0.2, -0.15) is 0 Å². The predicted octanol–water partition coefficient (Wildman–Crippen LogP) is -2.67. The summed E-state index contributed by atoms with van der Waals surface area (Å²) < 4.78 is 0. The van der Waals surface area contributed by atoms with Crippen LogP contribution in [0.1, 0.15) is 12.8 Å². The summed E-state index contributed by atoms with van der Waals surface area (Å²) in [6.07, 6.45) is -0.0603. The predicted molar refractivity (Wildman–Crippen MR) is 66.3 cm³/mol. The summed E-state index contributed by atoms with van der Waals surface area (Å²) in [5.41, 5.74) is 4.95. The second-order valence-electron chi connectivity index (χ2n) is 4.94. The summed E-state index contributed by atoms with van der Waals surface area (Å²) >= 11 is 0. The van der Waals surface area contributed by atoms with E-state index in [4.69, 9.17) is 21.1 Å². The zero-order chi connectivity index (χ0) is 14.6. The Bertz CT molecular complexity index is 338. The molecule has 0 spiro atoms. The van der Waals surface area contributed by atoms with Crippen molar-refractivity contribution in [3.63, 3.8) is 0 Å². The third-order valence-corrected chi connectivity index (χ3v) is 3.26. The molecule has 19 heavy (non-hydrogen) atoms. The SMILES string of the molecule is CN1C[C@H](O)C[C@H]1C(=O)O.NC(=O)[C@@H]1C[C@@H](O)CN1. The number of likely N-dealkylation sites (N-methyl/N-ethyl adjacent to an activating group) is 1. The monoisotopic (exact) mass is 275 g/mol. The molecule has 0 saturated carbocycles. The molecular weight excluding hydrogens is 254 g/mol. The van der Waals surface area contributed by atoms with Crippen molar-refractivity contribution in [3.8, 4) is 0 Å². The van der Waals surface area contributed by atoms with E-state index in [1.54, 1.807) is 11.9 Å². The molecule has 0 bridgehead atoms. The molecule has 6 N–H and O–H groups in total. The minimum absolute atomic E-state index is 0.319. The minimum atomic E-state index is -0.848. The van der Waals surface area contributed by atoms with Gasteiger partial charge >= 0.3 is 5.97 Å². The van der Waals surface area contributed by atoms with Crippen molar-refractivity contribution in [3.05, 3.63) is 0 Å². The van der Waals surface area contributed by atoms with Crippen LogP contribution in [0.25, 0.3) is 0 Å². The third-order valence-electron chi connectivity index (χ3n) is 3.26. The Labute approximate surface area is 111 Å². The summed E-state index contributed by atoms with van der Waals surface area (Å²) in [5, 5.41) is 29.2. The molecule has 0 radical (unpaired) electrons. The van der Waals surface area contributed by atoms with Gasteiger partial charge in [-0.15, -0.1) is 0 Å². The number of hydrogen-bond acceptors (Lipinski definition) is 6. The second kappa shape index (κ2) is 6.80. The van der Waals surface area contributed by atoms with Gasteiger partial charge in [0.2, 0.25) is 5.91 Å². The Kier molecular flexibility index (Phi) is 5.67. The van der Waals surface area contributed by atoms with E-state index in [9.17, 15) is 9.59 Å². The number of rotatable bonds is 2. The van der Waals surface area contributed by atoms with E-state index in [1.165, 1.54) is 0 Å². The molecule has 0 aromatic carbocycles. The van der Waals surface area contributed by atoms with Crippen LogP contribution in [0.4, 0.5) is 0 Å². The highest BCUT2D eigenvalue weighted by atomic mass is 16.4. The Morgan fingerprint density at radius 1 is 1.26 bits per heavy atom. The summed E-state index contributed by atoms with van der Waals surface area (Å²) in [7, 11) is 1.70. The number of carbonyl (C=O) groups excluding carboxylic acids is 1. The molecule has 2 fully saturated rings. The van der Waals surface area contributed by atoms with Gasteiger partial charge in [0.15, 0.2) is 0 Å². The smallest absolute Gasteiger partial charge is 0.321 e. The fraction of sp³-hybridized carbons (Fsp3) is 0.818. The number of β-amino-alcohol motifs (C(OH)–C–C–N with tert-alkyl or cyclic N) is 2. The van der Waals surface area contributed by atoms with Crippen LogP contribution >= 0.6 is 0 Å². The summed E-state index contributed by atoms with van der Waals surface area (Å²) in [5.74, 6) is -1.23. The third kappa shape index (κ3) is 4.75. The Morgan fingerprint density at radius 2 is 1.89 bits per heavy atom. The summed E-state index contributed by atoms with van der Waals surface area (Å²) in [6, 6.07) is -0.810. The van der Waals surface area contributed by atoms with E-state index in [-0.39, 0.29) is 11.9 Å². The lowest BCUT2D eigenvalue weighted by Gasteiger charge is -2.12. The highest BCUT2D eigenvalue weighted by Gasteiger charge is 2.32. The largest absolute Gasteiger partial charge is 0.480 e. The standard InChI is InChI=1S/C6H11NO3.C5H10N2O2/c1-7-3-4(8)2-5(7)6(9)10;6-5(9)4-1-3(8)2-7-4/h4-5,8H,2-3H2,1H3,(H,9,10);3-4,7-8H,1-2H2,(H2,6,9)/t4-,5+;3-,4+/m11/s1. The first-order valence-electron chi connectivity index (χ1n) is 6.13. The van der Waals surface area contributed by atoms with Crippen LogP contribution in [0, 0.1) is 0 Å². The van der Waals surface area contributed by atoms with Crippen LogP contribution in [-0.4, -0.2) is 76.5 Å². The minimum Gasteiger partial charge on any atom is -0.480 e. The second-order valence-corrected chi connectivity index (χ2v) is 4.94. The number of nitrogens with one attached hydrogen (secondary N) is 1. The number of hydrogen-bond donors (Lipinski definition) is 5. The van der Waals surface area contributed by atoms with Crippen molar-refractivity contribution >= 4 is 11.9 Å². The van der Waals surface area contributed by atoms with Gasteiger partial charge < -0.3 is 26.4 Å². The van der Waals surface area contributed by atoms with Crippen LogP contribution in [0.15, 0.2) is 0 Å².